The molecule has 6 heteroatoms. The Morgan fingerprint density at radius 1 is 1.31 bits per heavy atom. The molecular weight excluding hydrogens is 328 g/mol. The molecule has 0 aliphatic carbocycles. The minimum Gasteiger partial charge on any atom is -0.492 e. The molecule has 1 amide bonds. The molecule has 2 heterocycles. The lowest BCUT2D eigenvalue weighted by Gasteiger charge is -2.34. The first-order valence-corrected chi connectivity index (χ1v) is 9.09. The number of benzene rings is 1. The lowest BCUT2D eigenvalue weighted by Crippen LogP contribution is -2.44. The Morgan fingerprint density at radius 3 is 2.85 bits per heavy atom. The van der Waals surface area contributed by atoms with Crippen LogP contribution >= 0.6 is 0 Å². The molecule has 0 radical (unpaired) electrons. The van der Waals surface area contributed by atoms with Gasteiger partial charge in [0.05, 0.1) is 18.7 Å². The van der Waals surface area contributed by atoms with Crippen molar-refractivity contribution in [3.8, 4) is 5.75 Å². The number of nitrogens with zero attached hydrogens (tertiary/aromatic N) is 4. The zero-order chi connectivity index (χ0) is 18.4. The predicted molar refractivity (Wildman–Crippen MR) is 101 cm³/mol. The first-order chi connectivity index (χ1) is 12.6. The SMILES string of the molecule is Cc1ccc(OCCN(C)C(=O)C2CCCN(c3cnccn3)C2)cc1. The zero-order valence-electron chi connectivity index (χ0n) is 15.5. The summed E-state index contributed by atoms with van der Waals surface area (Å²) in [4.78, 5) is 25.2. The quantitative estimate of drug-likeness (QED) is 0.798. The maximum absolute atomic E-state index is 12.8. The summed E-state index contributed by atoms with van der Waals surface area (Å²) < 4.78 is 5.74. The fourth-order valence-electron chi connectivity index (χ4n) is 3.20. The second-order valence-electron chi connectivity index (χ2n) is 6.77. The summed E-state index contributed by atoms with van der Waals surface area (Å²) >= 11 is 0. The molecule has 2 aromatic rings. The third-order valence-corrected chi connectivity index (χ3v) is 4.74. The fraction of sp³-hybridized carbons (Fsp3) is 0.450. The van der Waals surface area contributed by atoms with E-state index in [-0.39, 0.29) is 11.8 Å². The minimum atomic E-state index is -0.00451. The van der Waals surface area contributed by atoms with Gasteiger partial charge in [-0.25, -0.2) is 4.98 Å². The number of hydrogen-bond donors (Lipinski definition) is 0. The molecule has 26 heavy (non-hydrogen) atoms. The molecule has 0 saturated carbocycles. The van der Waals surface area contributed by atoms with Crippen LogP contribution in [-0.4, -0.2) is 54.1 Å². The first kappa shape index (κ1) is 18.2. The highest BCUT2D eigenvalue weighted by atomic mass is 16.5. The van der Waals surface area contributed by atoms with Crippen molar-refractivity contribution >= 4 is 11.7 Å². The van der Waals surface area contributed by atoms with Gasteiger partial charge in [0.25, 0.3) is 0 Å². The lowest BCUT2D eigenvalue weighted by atomic mass is 9.96. The second kappa shape index (κ2) is 8.65. The summed E-state index contributed by atoms with van der Waals surface area (Å²) in [6.07, 6.45) is 7.01. The second-order valence-corrected chi connectivity index (χ2v) is 6.77. The van der Waals surface area contributed by atoms with Crippen molar-refractivity contribution in [1.29, 1.82) is 0 Å². The Morgan fingerprint density at radius 2 is 2.12 bits per heavy atom. The van der Waals surface area contributed by atoms with E-state index in [9.17, 15) is 4.79 Å². The molecule has 1 saturated heterocycles. The molecule has 6 nitrogen and oxygen atoms in total. The van der Waals surface area contributed by atoms with Crippen LogP contribution in [0.1, 0.15) is 18.4 Å². The number of aromatic nitrogens is 2. The van der Waals surface area contributed by atoms with E-state index in [4.69, 9.17) is 4.74 Å². The third-order valence-electron chi connectivity index (χ3n) is 4.74. The van der Waals surface area contributed by atoms with Gasteiger partial charge in [0.2, 0.25) is 5.91 Å². The van der Waals surface area contributed by atoms with E-state index < -0.39 is 0 Å². The van der Waals surface area contributed by atoms with Gasteiger partial charge >= 0.3 is 0 Å². The molecule has 1 aliphatic heterocycles. The smallest absolute Gasteiger partial charge is 0.227 e. The van der Waals surface area contributed by atoms with Gasteiger partial charge in [0.15, 0.2) is 0 Å². The van der Waals surface area contributed by atoms with Crippen LogP contribution in [0.25, 0.3) is 0 Å². The summed E-state index contributed by atoms with van der Waals surface area (Å²) in [7, 11) is 1.85. The Kier molecular flexibility index (Phi) is 6.04. The number of rotatable bonds is 6. The van der Waals surface area contributed by atoms with E-state index in [1.165, 1.54) is 5.56 Å². The molecule has 1 aromatic carbocycles. The first-order valence-electron chi connectivity index (χ1n) is 9.09. The Balaban J connectivity index is 1.48. The molecule has 1 aliphatic rings. The average Bonchev–Trinajstić information content (AvgIpc) is 2.69. The normalized spacial score (nSPS) is 17.0. The molecule has 1 atom stereocenters. The maximum Gasteiger partial charge on any atom is 0.227 e. The van der Waals surface area contributed by atoms with Gasteiger partial charge in [0, 0.05) is 32.5 Å². The number of piperidine rings is 1. The summed E-state index contributed by atoms with van der Waals surface area (Å²) in [5.74, 6) is 1.85. The van der Waals surface area contributed by atoms with Crippen molar-refractivity contribution in [2.24, 2.45) is 5.92 Å². The van der Waals surface area contributed by atoms with E-state index in [1.807, 2.05) is 38.2 Å². The Bertz CT molecular complexity index is 706. The van der Waals surface area contributed by atoms with Gasteiger partial charge < -0.3 is 14.5 Å². The number of amides is 1. The standard InChI is InChI=1S/C20H26N4O2/c1-16-5-7-18(8-6-16)26-13-12-23(2)20(25)17-4-3-11-24(15-17)19-14-21-9-10-22-19/h5-10,14,17H,3-4,11-13,15H2,1-2H3. The van der Waals surface area contributed by atoms with Crippen molar-refractivity contribution in [2.45, 2.75) is 19.8 Å². The van der Waals surface area contributed by atoms with Crippen LogP contribution in [-0.2, 0) is 4.79 Å². The van der Waals surface area contributed by atoms with E-state index in [1.54, 1.807) is 23.5 Å². The number of likely N-dealkylation sites (N-methyl/N-ethyl adjacent to an activating group) is 1. The van der Waals surface area contributed by atoms with Gasteiger partial charge in [-0.05, 0) is 31.9 Å². The molecule has 0 N–H and O–H groups in total. The summed E-state index contributed by atoms with van der Waals surface area (Å²) in [6.45, 7) is 4.73. The van der Waals surface area contributed by atoms with Crippen LogP contribution < -0.4 is 9.64 Å². The predicted octanol–water partition coefficient (Wildman–Crippen LogP) is 2.54. The van der Waals surface area contributed by atoms with Gasteiger partial charge in [-0.2, -0.15) is 0 Å². The maximum atomic E-state index is 12.8. The van der Waals surface area contributed by atoms with Crippen molar-refractivity contribution in [3.63, 3.8) is 0 Å². The van der Waals surface area contributed by atoms with Crippen molar-refractivity contribution in [3.05, 3.63) is 48.4 Å². The fourth-order valence-corrected chi connectivity index (χ4v) is 3.20. The average molecular weight is 354 g/mol. The van der Waals surface area contributed by atoms with Gasteiger partial charge in [-0.3, -0.25) is 9.78 Å². The molecule has 138 valence electrons. The highest BCUT2D eigenvalue weighted by Gasteiger charge is 2.28. The molecule has 1 fully saturated rings. The molecule has 3 rings (SSSR count). The molecule has 0 bridgehead atoms. The van der Waals surface area contributed by atoms with E-state index in [0.717, 1.165) is 31.0 Å². The highest BCUT2D eigenvalue weighted by Crippen LogP contribution is 2.22. The van der Waals surface area contributed by atoms with Crippen molar-refractivity contribution in [2.75, 3.05) is 38.2 Å². The van der Waals surface area contributed by atoms with Gasteiger partial charge in [-0.15, -0.1) is 0 Å². The number of ether oxygens (including phenoxy) is 1. The molecular formula is C20H26N4O2. The molecule has 1 aromatic heterocycles. The summed E-state index contributed by atoms with van der Waals surface area (Å²) in [6, 6.07) is 7.95. The summed E-state index contributed by atoms with van der Waals surface area (Å²) in [5.41, 5.74) is 1.20. The van der Waals surface area contributed by atoms with Crippen LogP contribution in [0.4, 0.5) is 5.82 Å². The van der Waals surface area contributed by atoms with E-state index in [0.29, 0.717) is 19.7 Å². The third kappa shape index (κ3) is 4.71. The molecule has 1 unspecified atom stereocenters. The van der Waals surface area contributed by atoms with Crippen LogP contribution in [0.15, 0.2) is 42.9 Å². The lowest BCUT2D eigenvalue weighted by molar-refractivity contribution is -0.134. The topological polar surface area (TPSA) is 58.6 Å². The van der Waals surface area contributed by atoms with Crippen molar-refractivity contribution < 1.29 is 9.53 Å². The largest absolute Gasteiger partial charge is 0.492 e. The molecule has 0 spiro atoms. The highest BCUT2D eigenvalue weighted by molar-refractivity contribution is 5.79. The number of hydrogen-bond acceptors (Lipinski definition) is 5. The minimum absolute atomic E-state index is 0.00451. The number of carbonyl (C=O) groups is 1. The number of aryl methyl sites for hydroxylation is 1. The van der Waals surface area contributed by atoms with Crippen LogP contribution in [0.5, 0.6) is 5.75 Å². The summed E-state index contributed by atoms with van der Waals surface area (Å²) in [5, 5.41) is 0. The van der Waals surface area contributed by atoms with Crippen molar-refractivity contribution in [1.82, 2.24) is 14.9 Å². The Labute approximate surface area is 154 Å². The number of anilines is 1. The van der Waals surface area contributed by atoms with E-state index in [2.05, 4.69) is 14.9 Å². The zero-order valence-corrected chi connectivity index (χ0v) is 15.5. The van der Waals surface area contributed by atoms with Crippen LogP contribution in [0.2, 0.25) is 0 Å². The van der Waals surface area contributed by atoms with E-state index >= 15 is 0 Å². The number of carbonyl (C=O) groups excluding carboxylic acids is 1. The van der Waals surface area contributed by atoms with Gasteiger partial charge in [-0.1, -0.05) is 17.7 Å². The van der Waals surface area contributed by atoms with Crippen LogP contribution in [0.3, 0.4) is 0 Å². The van der Waals surface area contributed by atoms with Gasteiger partial charge in [0.1, 0.15) is 18.2 Å². The monoisotopic (exact) mass is 354 g/mol. The Hall–Kier alpha value is -2.63. The van der Waals surface area contributed by atoms with Crippen LogP contribution in [0, 0.1) is 12.8 Å².